The molecule has 0 unspecified atom stereocenters. The Hall–Kier alpha value is -1.83. The molecule has 0 saturated heterocycles. The minimum atomic E-state index is -0.0510. The number of nitrogens with zero attached hydrogens (tertiary/aromatic N) is 1. The number of carbonyl (C=O) groups is 1. The standard InChI is InChI=1S/C15H20N2O2/c1-12-8-13(6-4-5-7-18)10-14(9-12)16-15(19)11-17(2)3/h8-10,18H,5,7,11H2,1-3H3,(H,16,19). The SMILES string of the molecule is Cc1cc(C#CCCO)cc(NC(=O)CN(C)C)c1. The molecule has 0 bridgehead atoms. The lowest BCUT2D eigenvalue weighted by atomic mass is 10.1. The number of aliphatic hydroxyl groups is 1. The number of rotatable bonds is 4. The molecule has 2 N–H and O–H groups in total. The van der Waals surface area contributed by atoms with Gasteiger partial charge in [-0.25, -0.2) is 0 Å². The van der Waals surface area contributed by atoms with Crippen LogP contribution in [0.1, 0.15) is 17.5 Å². The summed E-state index contributed by atoms with van der Waals surface area (Å²) in [6.07, 6.45) is 0.455. The summed E-state index contributed by atoms with van der Waals surface area (Å²) < 4.78 is 0. The van der Waals surface area contributed by atoms with Crippen molar-refractivity contribution < 1.29 is 9.90 Å². The van der Waals surface area contributed by atoms with E-state index < -0.39 is 0 Å². The number of benzene rings is 1. The number of anilines is 1. The van der Waals surface area contributed by atoms with Crippen LogP contribution in [0, 0.1) is 18.8 Å². The Labute approximate surface area is 114 Å². The van der Waals surface area contributed by atoms with Gasteiger partial charge in [0.25, 0.3) is 0 Å². The number of amides is 1. The van der Waals surface area contributed by atoms with Crippen molar-refractivity contribution in [3.05, 3.63) is 29.3 Å². The van der Waals surface area contributed by atoms with E-state index in [1.165, 1.54) is 0 Å². The van der Waals surface area contributed by atoms with Gasteiger partial charge in [-0.15, -0.1) is 0 Å². The van der Waals surface area contributed by atoms with Crippen LogP contribution in [0.3, 0.4) is 0 Å². The van der Waals surface area contributed by atoms with E-state index >= 15 is 0 Å². The van der Waals surface area contributed by atoms with Crippen LogP contribution in [0.2, 0.25) is 0 Å². The first-order valence-corrected chi connectivity index (χ1v) is 6.17. The van der Waals surface area contributed by atoms with Crippen molar-refractivity contribution in [2.75, 3.05) is 32.6 Å². The lowest BCUT2D eigenvalue weighted by molar-refractivity contribution is -0.116. The van der Waals surface area contributed by atoms with Crippen LogP contribution >= 0.6 is 0 Å². The van der Waals surface area contributed by atoms with Crippen LogP contribution in [0.15, 0.2) is 18.2 Å². The lowest BCUT2D eigenvalue weighted by Crippen LogP contribution is -2.27. The average Bonchev–Trinajstić information content (AvgIpc) is 2.27. The molecule has 0 aromatic heterocycles. The van der Waals surface area contributed by atoms with E-state index in [1.54, 1.807) is 0 Å². The Bertz CT molecular complexity index is 499. The first-order valence-electron chi connectivity index (χ1n) is 6.17. The maximum Gasteiger partial charge on any atom is 0.238 e. The van der Waals surface area contributed by atoms with E-state index in [0.29, 0.717) is 13.0 Å². The molecule has 0 aliphatic rings. The number of likely N-dealkylation sites (N-methyl/N-ethyl adjacent to an activating group) is 1. The minimum Gasteiger partial charge on any atom is -0.395 e. The summed E-state index contributed by atoms with van der Waals surface area (Å²) >= 11 is 0. The molecule has 4 heteroatoms. The highest BCUT2D eigenvalue weighted by Gasteiger charge is 2.04. The molecule has 1 rings (SSSR count). The first-order chi connectivity index (χ1) is 9.01. The molecule has 102 valence electrons. The highest BCUT2D eigenvalue weighted by molar-refractivity contribution is 5.92. The zero-order chi connectivity index (χ0) is 14.3. The maximum atomic E-state index is 11.7. The van der Waals surface area contributed by atoms with Crippen LogP contribution in [0.4, 0.5) is 5.69 Å². The third-order valence-electron chi connectivity index (χ3n) is 2.29. The summed E-state index contributed by atoms with van der Waals surface area (Å²) in [5, 5.41) is 11.5. The van der Waals surface area contributed by atoms with Crippen LogP contribution in [-0.4, -0.2) is 43.2 Å². The molecule has 0 fully saturated rings. The zero-order valence-corrected chi connectivity index (χ0v) is 11.7. The molecule has 1 aromatic carbocycles. The monoisotopic (exact) mass is 260 g/mol. The smallest absolute Gasteiger partial charge is 0.238 e. The number of hydrogen-bond acceptors (Lipinski definition) is 3. The average molecular weight is 260 g/mol. The summed E-state index contributed by atoms with van der Waals surface area (Å²) in [5.74, 6) is 5.79. The Kier molecular flexibility index (Phi) is 6.07. The van der Waals surface area contributed by atoms with Gasteiger partial charge in [-0.05, 0) is 44.8 Å². The highest BCUT2D eigenvalue weighted by atomic mass is 16.2. The molecule has 0 spiro atoms. The summed E-state index contributed by atoms with van der Waals surface area (Å²) in [4.78, 5) is 13.5. The highest BCUT2D eigenvalue weighted by Crippen LogP contribution is 2.13. The second kappa shape index (κ2) is 7.57. The van der Waals surface area contributed by atoms with Crippen LogP contribution in [-0.2, 0) is 4.79 Å². The lowest BCUT2D eigenvalue weighted by Gasteiger charge is -2.11. The molecular formula is C15H20N2O2. The first kappa shape index (κ1) is 15.2. The topological polar surface area (TPSA) is 52.6 Å². The number of hydrogen-bond donors (Lipinski definition) is 2. The van der Waals surface area contributed by atoms with Gasteiger partial charge in [0.2, 0.25) is 5.91 Å². The van der Waals surface area contributed by atoms with E-state index in [2.05, 4.69) is 17.2 Å². The van der Waals surface area contributed by atoms with E-state index in [1.807, 2.05) is 44.1 Å². The quantitative estimate of drug-likeness (QED) is 0.801. The molecule has 0 radical (unpaired) electrons. The van der Waals surface area contributed by atoms with Gasteiger partial charge >= 0.3 is 0 Å². The molecule has 0 aliphatic carbocycles. The molecule has 19 heavy (non-hydrogen) atoms. The summed E-state index contributed by atoms with van der Waals surface area (Å²) in [6, 6.07) is 5.70. The molecule has 0 aliphatic heterocycles. The van der Waals surface area contributed by atoms with Gasteiger partial charge < -0.3 is 15.3 Å². The summed E-state index contributed by atoms with van der Waals surface area (Å²) in [7, 11) is 3.70. The second-order valence-electron chi connectivity index (χ2n) is 4.65. The fraction of sp³-hybridized carbons (Fsp3) is 0.400. The van der Waals surface area contributed by atoms with Gasteiger partial charge in [-0.2, -0.15) is 0 Å². The van der Waals surface area contributed by atoms with Gasteiger partial charge in [0.1, 0.15) is 0 Å². The molecule has 4 nitrogen and oxygen atoms in total. The Morgan fingerprint density at radius 2 is 2.11 bits per heavy atom. The van der Waals surface area contributed by atoms with Crippen molar-refractivity contribution in [3.63, 3.8) is 0 Å². The summed E-state index contributed by atoms with van der Waals surface area (Å²) in [5.41, 5.74) is 2.63. The predicted molar refractivity (Wildman–Crippen MR) is 76.9 cm³/mol. The van der Waals surface area contributed by atoms with Crippen molar-refractivity contribution in [3.8, 4) is 11.8 Å². The van der Waals surface area contributed by atoms with E-state index in [4.69, 9.17) is 5.11 Å². The molecule has 1 aromatic rings. The number of carbonyl (C=O) groups excluding carboxylic acids is 1. The van der Waals surface area contributed by atoms with Gasteiger partial charge in [0.15, 0.2) is 0 Å². The van der Waals surface area contributed by atoms with Gasteiger partial charge in [-0.3, -0.25) is 4.79 Å². The second-order valence-corrected chi connectivity index (χ2v) is 4.65. The third-order valence-corrected chi connectivity index (χ3v) is 2.29. The van der Waals surface area contributed by atoms with Crippen molar-refractivity contribution in [1.29, 1.82) is 0 Å². The predicted octanol–water partition coefficient (Wildman–Crippen LogP) is 1.23. The van der Waals surface area contributed by atoms with Gasteiger partial charge in [0, 0.05) is 17.7 Å². The molecule has 0 atom stereocenters. The fourth-order valence-electron chi connectivity index (χ4n) is 1.64. The van der Waals surface area contributed by atoms with Crippen molar-refractivity contribution >= 4 is 11.6 Å². The Morgan fingerprint density at radius 3 is 2.74 bits per heavy atom. The molecule has 0 heterocycles. The van der Waals surface area contributed by atoms with E-state index in [-0.39, 0.29) is 12.5 Å². The molecule has 1 amide bonds. The largest absolute Gasteiger partial charge is 0.395 e. The van der Waals surface area contributed by atoms with Crippen LogP contribution in [0.5, 0.6) is 0 Å². The summed E-state index contributed by atoms with van der Waals surface area (Å²) in [6.45, 7) is 2.36. The van der Waals surface area contributed by atoms with Gasteiger partial charge in [-0.1, -0.05) is 11.8 Å². The van der Waals surface area contributed by atoms with Gasteiger partial charge in [0.05, 0.1) is 13.2 Å². The fourth-order valence-corrected chi connectivity index (χ4v) is 1.64. The van der Waals surface area contributed by atoms with E-state index in [0.717, 1.165) is 16.8 Å². The van der Waals surface area contributed by atoms with Crippen LogP contribution < -0.4 is 5.32 Å². The van der Waals surface area contributed by atoms with Crippen molar-refractivity contribution in [2.24, 2.45) is 0 Å². The molecule has 0 saturated carbocycles. The zero-order valence-electron chi connectivity index (χ0n) is 11.7. The third kappa shape index (κ3) is 6.05. The number of aliphatic hydroxyl groups excluding tert-OH is 1. The Morgan fingerprint density at radius 1 is 1.37 bits per heavy atom. The minimum absolute atomic E-state index is 0.0510. The number of nitrogens with one attached hydrogen (secondary N) is 1. The molecular weight excluding hydrogens is 240 g/mol. The maximum absolute atomic E-state index is 11.7. The normalized spacial score (nSPS) is 9.95. The van der Waals surface area contributed by atoms with E-state index in [9.17, 15) is 4.79 Å². The van der Waals surface area contributed by atoms with Crippen molar-refractivity contribution in [2.45, 2.75) is 13.3 Å². The number of aryl methyl sites for hydroxylation is 1. The van der Waals surface area contributed by atoms with Crippen LogP contribution in [0.25, 0.3) is 0 Å². The Balaban J connectivity index is 2.80. The van der Waals surface area contributed by atoms with Crippen molar-refractivity contribution in [1.82, 2.24) is 4.90 Å².